The monoisotopic (exact) mass is 293 g/mol. The van der Waals surface area contributed by atoms with Gasteiger partial charge < -0.3 is 5.11 Å². The molecular formula is C12H15N5O4. The fraction of sp³-hybridized carbons (Fsp3) is 0.417. The van der Waals surface area contributed by atoms with Crippen LogP contribution in [0.15, 0.2) is 29.5 Å². The highest BCUT2D eigenvalue weighted by Gasteiger charge is 2.33. The maximum atomic E-state index is 11.4. The minimum Gasteiger partial charge on any atom is -0.478 e. The molecule has 0 fully saturated rings. The number of rotatable bonds is 8. The molecule has 0 spiro atoms. The van der Waals surface area contributed by atoms with Gasteiger partial charge in [0.25, 0.3) is 0 Å². The van der Waals surface area contributed by atoms with E-state index in [9.17, 15) is 20.0 Å². The number of nitrogens with zero attached hydrogens (tertiary/aromatic N) is 5. The van der Waals surface area contributed by atoms with Crippen molar-refractivity contribution in [2.45, 2.75) is 32.2 Å². The van der Waals surface area contributed by atoms with Crippen molar-refractivity contribution in [1.29, 1.82) is 0 Å². The van der Waals surface area contributed by atoms with E-state index in [2.05, 4.69) is 10.1 Å². The van der Waals surface area contributed by atoms with Crippen molar-refractivity contribution in [3.05, 3.63) is 44.8 Å². The Balaban J connectivity index is 3.30. The zero-order valence-electron chi connectivity index (χ0n) is 11.4. The highest BCUT2D eigenvalue weighted by Crippen LogP contribution is 2.30. The molecule has 0 aliphatic heterocycles. The molecule has 1 unspecified atom stereocenters. The number of aliphatic carboxylic acids is 1. The molecule has 0 saturated heterocycles. The fourth-order valence-corrected chi connectivity index (χ4v) is 1.88. The van der Waals surface area contributed by atoms with Crippen molar-refractivity contribution >= 4 is 17.3 Å². The van der Waals surface area contributed by atoms with Crippen molar-refractivity contribution < 1.29 is 14.8 Å². The lowest BCUT2D eigenvalue weighted by atomic mass is 10.1. The van der Waals surface area contributed by atoms with Gasteiger partial charge in [-0.15, -0.1) is 5.53 Å². The highest BCUT2D eigenvalue weighted by molar-refractivity contribution is 5.79. The molecule has 0 aliphatic carbocycles. The number of carboxylic acids is 1. The number of nitro benzene ring substituents is 1. The molecule has 0 saturated carbocycles. The molecule has 112 valence electrons. The van der Waals surface area contributed by atoms with Gasteiger partial charge >= 0.3 is 11.7 Å². The van der Waals surface area contributed by atoms with Crippen LogP contribution in [0.2, 0.25) is 0 Å². The summed E-state index contributed by atoms with van der Waals surface area (Å²) in [5.41, 5.74) is 8.29. The van der Waals surface area contributed by atoms with Gasteiger partial charge in [-0.2, -0.15) is 9.92 Å². The first-order valence-corrected chi connectivity index (χ1v) is 6.33. The molecule has 1 atom stereocenters. The number of carbonyl (C=O) groups is 1. The molecule has 0 aliphatic rings. The number of hydrogen-bond acceptors (Lipinski definition) is 4. The quantitative estimate of drug-likeness (QED) is 0.258. The molecule has 0 amide bonds. The number of hydrogen-bond donors (Lipinski definition) is 1. The number of para-hydroxylation sites is 2. The zero-order chi connectivity index (χ0) is 15.8. The Labute approximate surface area is 120 Å². The van der Waals surface area contributed by atoms with Gasteiger partial charge in [-0.25, -0.2) is 4.79 Å². The summed E-state index contributed by atoms with van der Waals surface area (Å²) in [4.78, 5) is 24.4. The van der Waals surface area contributed by atoms with Crippen LogP contribution in [0.4, 0.5) is 11.4 Å². The van der Waals surface area contributed by atoms with Gasteiger partial charge in [-0.05, 0) is 24.1 Å². The van der Waals surface area contributed by atoms with E-state index in [-0.39, 0.29) is 17.8 Å². The minimum absolute atomic E-state index is 0.0381. The van der Waals surface area contributed by atoms with Gasteiger partial charge in [0.05, 0.1) is 4.92 Å². The first-order valence-electron chi connectivity index (χ1n) is 6.33. The lowest BCUT2D eigenvalue weighted by molar-refractivity contribution is -0.384. The third kappa shape index (κ3) is 4.08. The van der Waals surface area contributed by atoms with Crippen LogP contribution < -0.4 is 5.01 Å². The number of azide groups is 1. The predicted molar refractivity (Wildman–Crippen MR) is 75.7 cm³/mol. The van der Waals surface area contributed by atoms with Crippen LogP contribution in [0.5, 0.6) is 0 Å². The van der Waals surface area contributed by atoms with E-state index >= 15 is 0 Å². The summed E-state index contributed by atoms with van der Waals surface area (Å²) < 4.78 is 0. The molecule has 1 aromatic carbocycles. The molecule has 1 N–H and O–H groups in total. The SMILES string of the molecule is CCCCC(C(=O)O)N(N=[N+]=[N-])c1ccccc1[N+](=O)[O-]. The number of unbranched alkanes of at least 4 members (excludes halogenated alkanes) is 1. The van der Waals surface area contributed by atoms with Crippen molar-refractivity contribution in [2.24, 2.45) is 5.22 Å². The summed E-state index contributed by atoms with van der Waals surface area (Å²) in [7, 11) is 0. The largest absolute Gasteiger partial charge is 0.478 e. The molecule has 1 rings (SSSR count). The Hall–Kier alpha value is -2.80. The number of nitro groups is 1. The van der Waals surface area contributed by atoms with Crippen LogP contribution in [0, 0.1) is 10.1 Å². The predicted octanol–water partition coefficient (Wildman–Crippen LogP) is 3.27. The maximum absolute atomic E-state index is 11.4. The highest BCUT2D eigenvalue weighted by atomic mass is 16.6. The summed E-state index contributed by atoms with van der Waals surface area (Å²) >= 11 is 0. The van der Waals surface area contributed by atoms with Gasteiger partial charge in [0.2, 0.25) is 11.7 Å². The third-order valence-electron chi connectivity index (χ3n) is 2.87. The second-order valence-corrected chi connectivity index (χ2v) is 4.27. The average molecular weight is 293 g/mol. The molecule has 9 nitrogen and oxygen atoms in total. The van der Waals surface area contributed by atoms with Gasteiger partial charge in [0.15, 0.2) is 0 Å². The molecule has 0 radical (unpaired) electrons. The normalized spacial score (nSPS) is 11.3. The number of benzene rings is 1. The fourth-order valence-electron chi connectivity index (χ4n) is 1.88. The van der Waals surface area contributed by atoms with Crippen molar-refractivity contribution in [2.75, 3.05) is 5.01 Å². The molecular weight excluding hydrogens is 278 g/mol. The molecule has 0 bridgehead atoms. The van der Waals surface area contributed by atoms with Crippen molar-refractivity contribution in [3.63, 3.8) is 0 Å². The zero-order valence-corrected chi connectivity index (χ0v) is 11.4. The van der Waals surface area contributed by atoms with Crippen LogP contribution in [-0.4, -0.2) is 22.0 Å². The summed E-state index contributed by atoms with van der Waals surface area (Å²) in [5, 5.41) is 24.5. The molecule has 21 heavy (non-hydrogen) atoms. The van der Waals surface area contributed by atoms with Crippen LogP contribution in [0.1, 0.15) is 26.2 Å². The van der Waals surface area contributed by atoms with Crippen molar-refractivity contribution in [3.8, 4) is 0 Å². The van der Waals surface area contributed by atoms with Crippen LogP contribution in [0.25, 0.3) is 10.4 Å². The molecule has 0 aromatic heterocycles. The van der Waals surface area contributed by atoms with E-state index in [0.29, 0.717) is 6.42 Å². The van der Waals surface area contributed by atoms with Crippen LogP contribution in [0.3, 0.4) is 0 Å². The average Bonchev–Trinajstić information content (AvgIpc) is 2.46. The van der Waals surface area contributed by atoms with Gasteiger partial charge in [0.1, 0.15) is 0 Å². The maximum Gasteiger partial charge on any atom is 0.349 e. The first kappa shape index (κ1) is 16.3. The van der Waals surface area contributed by atoms with Gasteiger partial charge in [-0.3, -0.25) is 10.1 Å². The lowest BCUT2D eigenvalue weighted by Gasteiger charge is -2.20. The van der Waals surface area contributed by atoms with Gasteiger partial charge in [0, 0.05) is 6.07 Å². The molecule has 0 heterocycles. The first-order chi connectivity index (χ1) is 10.0. The van der Waals surface area contributed by atoms with Gasteiger partial charge in [-0.1, -0.05) is 25.5 Å². The Morgan fingerprint density at radius 3 is 2.76 bits per heavy atom. The van der Waals surface area contributed by atoms with Crippen molar-refractivity contribution in [1.82, 2.24) is 0 Å². The second-order valence-electron chi connectivity index (χ2n) is 4.27. The standard InChI is InChI=1S/C12H15N5O4/c1-2-3-6-11(12(18)19)16(15-14-13)9-7-4-5-8-10(9)17(20)21/h4-5,7-8,11H,2-3,6H2,1H3,(H,18,19). The lowest BCUT2D eigenvalue weighted by Crippen LogP contribution is -2.37. The third-order valence-corrected chi connectivity index (χ3v) is 2.87. The van der Waals surface area contributed by atoms with E-state index in [4.69, 9.17) is 5.53 Å². The van der Waals surface area contributed by atoms with Crippen LogP contribution in [-0.2, 0) is 4.79 Å². The Kier molecular flexibility index (Phi) is 5.97. The van der Waals surface area contributed by atoms with E-state index in [1.807, 2.05) is 6.92 Å². The summed E-state index contributed by atoms with van der Waals surface area (Å²) in [6.07, 6.45) is 1.57. The minimum atomic E-state index is -1.20. The summed E-state index contributed by atoms with van der Waals surface area (Å²) in [6, 6.07) is 4.41. The number of carboxylic acid groups (broad SMARTS) is 1. The summed E-state index contributed by atoms with van der Waals surface area (Å²) in [6.45, 7) is 1.89. The Bertz CT molecular complexity index is 571. The van der Waals surface area contributed by atoms with E-state index in [0.717, 1.165) is 11.4 Å². The van der Waals surface area contributed by atoms with E-state index < -0.39 is 16.9 Å². The topological polar surface area (TPSA) is 132 Å². The van der Waals surface area contributed by atoms with E-state index in [1.165, 1.54) is 24.3 Å². The summed E-state index contributed by atoms with van der Waals surface area (Å²) in [5.74, 6) is -1.20. The Morgan fingerprint density at radius 1 is 1.57 bits per heavy atom. The molecule has 9 heteroatoms. The smallest absolute Gasteiger partial charge is 0.349 e. The Morgan fingerprint density at radius 2 is 2.24 bits per heavy atom. The van der Waals surface area contributed by atoms with Crippen LogP contribution >= 0.6 is 0 Å². The molecule has 1 aromatic rings. The van der Waals surface area contributed by atoms with E-state index in [1.54, 1.807) is 0 Å². The second kappa shape index (κ2) is 7.71. The number of anilines is 1.